The number of likely N-dealkylation sites (tertiary alicyclic amines) is 1. The lowest BCUT2D eigenvalue weighted by molar-refractivity contribution is -0.149. The van der Waals surface area contributed by atoms with Gasteiger partial charge < -0.3 is 24.7 Å². The van der Waals surface area contributed by atoms with E-state index in [4.69, 9.17) is 4.74 Å². The molecule has 5 rings (SSSR count). The van der Waals surface area contributed by atoms with Crippen molar-refractivity contribution in [3.63, 3.8) is 0 Å². The predicted molar refractivity (Wildman–Crippen MR) is 130 cm³/mol. The second-order valence-corrected chi connectivity index (χ2v) is 9.63. The van der Waals surface area contributed by atoms with Gasteiger partial charge in [-0.1, -0.05) is 36.4 Å². The molecule has 8 nitrogen and oxygen atoms in total. The van der Waals surface area contributed by atoms with Gasteiger partial charge in [0.1, 0.15) is 11.6 Å². The molecule has 8 heteroatoms. The summed E-state index contributed by atoms with van der Waals surface area (Å²) in [5.41, 5.74) is -0.476. The first-order valence-corrected chi connectivity index (χ1v) is 12.2. The highest BCUT2D eigenvalue weighted by Crippen LogP contribution is 2.58. The summed E-state index contributed by atoms with van der Waals surface area (Å²) in [5.74, 6) is -3.54. The van der Waals surface area contributed by atoms with E-state index in [-0.39, 0.29) is 31.5 Å². The van der Waals surface area contributed by atoms with Gasteiger partial charge >= 0.3 is 5.97 Å². The van der Waals surface area contributed by atoms with Crippen LogP contribution in [-0.2, 0) is 19.1 Å². The number of aliphatic hydroxyl groups is 1. The Hall–Kier alpha value is -3.23. The molecule has 0 radical (unpaired) electrons. The number of carboxylic acids is 1. The fourth-order valence-corrected chi connectivity index (χ4v) is 6.29. The topological polar surface area (TPSA) is 107 Å². The van der Waals surface area contributed by atoms with Crippen LogP contribution in [0.25, 0.3) is 10.8 Å². The molecular weight excluding hydrogens is 448 g/mol. The first-order valence-electron chi connectivity index (χ1n) is 12.2. The smallest absolute Gasteiger partial charge is 0.310 e. The maximum absolute atomic E-state index is 14.3. The van der Waals surface area contributed by atoms with E-state index in [1.165, 1.54) is 4.90 Å². The summed E-state index contributed by atoms with van der Waals surface area (Å²) in [5, 5.41) is 21.2. The Morgan fingerprint density at radius 1 is 1.20 bits per heavy atom. The monoisotopic (exact) mass is 478 g/mol. The number of unbranched alkanes of at least 4 members (excludes halogenated alkanes) is 1. The number of benzene rings is 2. The molecule has 3 aliphatic heterocycles. The number of hydrogen-bond acceptors (Lipinski definition) is 5. The molecule has 3 aliphatic rings. The van der Waals surface area contributed by atoms with Gasteiger partial charge in [-0.2, -0.15) is 0 Å². The van der Waals surface area contributed by atoms with Gasteiger partial charge in [-0.05, 0) is 48.6 Å². The number of carbonyl (C=O) groups is 3. The number of amides is 2. The van der Waals surface area contributed by atoms with Crippen molar-refractivity contribution in [1.82, 2.24) is 4.90 Å². The molecule has 5 atom stereocenters. The number of aliphatic hydroxyl groups excluding tert-OH is 1. The number of carboxylic acid groups (broad SMARTS) is 1. The normalized spacial score (nSPS) is 28.9. The Labute approximate surface area is 203 Å². The van der Waals surface area contributed by atoms with Crippen LogP contribution in [0, 0.1) is 11.8 Å². The van der Waals surface area contributed by atoms with Crippen molar-refractivity contribution in [1.29, 1.82) is 0 Å². The SMILES string of the molecule is C=CCN(C(=O)[C@H]1N(CCCCO)C(=O)[C@@H]2[C@@H](C(=O)O)[C@H]3CC[C@]21O3)c1ccc2ccccc2c1. The van der Waals surface area contributed by atoms with Crippen LogP contribution in [0.4, 0.5) is 5.69 Å². The van der Waals surface area contributed by atoms with E-state index in [1.807, 2.05) is 42.5 Å². The molecular formula is C27H30N2O6. The van der Waals surface area contributed by atoms with Crippen LogP contribution in [0.1, 0.15) is 25.7 Å². The molecule has 3 saturated heterocycles. The van der Waals surface area contributed by atoms with Crippen LogP contribution >= 0.6 is 0 Å². The third-order valence-electron chi connectivity index (χ3n) is 7.75. The van der Waals surface area contributed by atoms with Crippen LogP contribution in [0.5, 0.6) is 0 Å². The predicted octanol–water partition coefficient (Wildman–Crippen LogP) is 2.59. The summed E-state index contributed by atoms with van der Waals surface area (Å²) in [4.78, 5) is 43.1. The lowest BCUT2D eigenvalue weighted by atomic mass is 9.70. The first-order chi connectivity index (χ1) is 16.9. The minimum Gasteiger partial charge on any atom is -0.481 e. The molecule has 3 fully saturated rings. The van der Waals surface area contributed by atoms with Crippen molar-refractivity contribution in [2.45, 2.75) is 43.4 Å². The van der Waals surface area contributed by atoms with Gasteiger partial charge in [0.15, 0.2) is 0 Å². The number of hydrogen-bond donors (Lipinski definition) is 2. The van der Waals surface area contributed by atoms with Crippen LogP contribution < -0.4 is 4.90 Å². The van der Waals surface area contributed by atoms with E-state index >= 15 is 0 Å². The number of ether oxygens (including phenoxy) is 1. The minimum absolute atomic E-state index is 0.0226. The Morgan fingerprint density at radius 3 is 2.69 bits per heavy atom. The van der Waals surface area contributed by atoms with Gasteiger partial charge in [0.2, 0.25) is 5.91 Å². The summed E-state index contributed by atoms with van der Waals surface area (Å²) in [6.45, 7) is 4.30. The highest BCUT2D eigenvalue weighted by Gasteiger charge is 2.74. The van der Waals surface area contributed by atoms with Crippen LogP contribution in [0.3, 0.4) is 0 Å². The van der Waals surface area contributed by atoms with Gasteiger partial charge in [0.05, 0.1) is 17.9 Å². The lowest BCUT2D eigenvalue weighted by Crippen LogP contribution is -2.56. The largest absolute Gasteiger partial charge is 0.481 e. The average molecular weight is 479 g/mol. The summed E-state index contributed by atoms with van der Waals surface area (Å²) in [7, 11) is 0. The Balaban J connectivity index is 1.56. The molecule has 2 bridgehead atoms. The second kappa shape index (κ2) is 9.09. The highest BCUT2D eigenvalue weighted by atomic mass is 16.5. The number of aliphatic carboxylic acids is 1. The summed E-state index contributed by atoms with van der Waals surface area (Å²) < 4.78 is 6.27. The molecule has 0 aliphatic carbocycles. The molecule has 184 valence electrons. The molecule has 2 N–H and O–H groups in total. The van der Waals surface area contributed by atoms with Gasteiger partial charge in [-0.15, -0.1) is 6.58 Å². The number of fused-ring (bicyclic) bond motifs is 2. The zero-order valence-corrected chi connectivity index (χ0v) is 19.5. The minimum atomic E-state index is -1.16. The summed E-state index contributed by atoms with van der Waals surface area (Å²) >= 11 is 0. The maximum atomic E-state index is 14.3. The molecule has 2 aromatic rings. The van der Waals surface area contributed by atoms with Gasteiger partial charge in [-0.25, -0.2) is 0 Å². The second-order valence-electron chi connectivity index (χ2n) is 9.63. The standard InChI is InChI=1S/C27H30N2O6/c1-2-13-28(19-10-9-17-7-3-4-8-18(17)16-19)25(32)23-27-12-11-20(35-27)21(26(33)34)22(27)24(31)29(23)14-5-6-15-30/h2-4,7-10,16,20-23,30H,1,5-6,11-15H2,(H,33,34)/t20-,21+,22+,23-,27+/m1/s1. The molecule has 1 spiro atoms. The highest BCUT2D eigenvalue weighted by molar-refractivity contribution is 6.05. The first kappa shape index (κ1) is 23.5. The third-order valence-corrected chi connectivity index (χ3v) is 7.75. The molecule has 0 unspecified atom stereocenters. The van der Waals surface area contributed by atoms with Crippen molar-refractivity contribution < 1.29 is 29.3 Å². The molecule has 2 amide bonds. The van der Waals surface area contributed by atoms with Crippen molar-refractivity contribution in [2.24, 2.45) is 11.8 Å². The van der Waals surface area contributed by atoms with Gasteiger partial charge in [0.25, 0.3) is 5.91 Å². The van der Waals surface area contributed by atoms with Gasteiger partial charge in [-0.3, -0.25) is 14.4 Å². The third kappa shape index (κ3) is 3.63. The fourth-order valence-electron chi connectivity index (χ4n) is 6.29. The van der Waals surface area contributed by atoms with E-state index in [1.54, 1.807) is 11.0 Å². The number of rotatable bonds is 9. The Morgan fingerprint density at radius 2 is 1.97 bits per heavy atom. The van der Waals surface area contributed by atoms with Crippen molar-refractivity contribution in [2.75, 3.05) is 24.6 Å². The van der Waals surface area contributed by atoms with Crippen molar-refractivity contribution >= 4 is 34.2 Å². The number of carbonyl (C=O) groups excluding carboxylic acids is 2. The zero-order chi connectivity index (χ0) is 24.7. The number of nitrogens with zero attached hydrogens (tertiary/aromatic N) is 2. The average Bonchev–Trinajstić information content (AvgIpc) is 3.49. The zero-order valence-electron chi connectivity index (χ0n) is 19.5. The molecule has 3 heterocycles. The number of anilines is 1. The molecule has 0 aromatic heterocycles. The molecule has 0 saturated carbocycles. The van der Waals surface area contributed by atoms with E-state index in [0.717, 1.165) is 10.8 Å². The quantitative estimate of drug-likeness (QED) is 0.424. The maximum Gasteiger partial charge on any atom is 0.310 e. The van der Waals surface area contributed by atoms with Crippen LogP contribution in [-0.4, -0.2) is 70.3 Å². The van der Waals surface area contributed by atoms with E-state index in [0.29, 0.717) is 31.4 Å². The van der Waals surface area contributed by atoms with Crippen LogP contribution in [0.15, 0.2) is 55.1 Å². The van der Waals surface area contributed by atoms with Gasteiger partial charge in [0, 0.05) is 25.4 Å². The molecule has 35 heavy (non-hydrogen) atoms. The van der Waals surface area contributed by atoms with Crippen LogP contribution in [0.2, 0.25) is 0 Å². The molecule has 2 aromatic carbocycles. The van der Waals surface area contributed by atoms with Crippen molar-refractivity contribution in [3.05, 3.63) is 55.1 Å². The Bertz CT molecular complexity index is 1180. The van der Waals surface area contributed by atoms with E-state index < -0.39 is 35.6 Å². The summed E-state index contributed by atoms with van der Waals surface area (Å²) in [6.07, 6.45) is 3.03. The van der Waals surface area contributed by atoms with E-state index in [9.17, 15) is 24.6 Å². The van der Waals surface area contributed by atoms with Crippen molar-refractivity contribution in [3.8, 4) is 0 Å². The van der Waals surface area contributed by atoms with E-state index in [2.05, 4.69) is 6.58 Å². The Kier molecular flexibility index (Phi) is 6.11. The summed E-state index contributed by atoms with van der Waals surface area (Å²) in [6, 6.07) is 12.7. The fraction of sp³-hybridized carbons (Fsp3) is 0.444. The lowest BCUT2D eigenvalue weighted by Gasteiger charge is -2.36.